The summed E-state index contributed by atoms with van der Waals surface area (Å²) in [4.78, 5) is 0. The number of nitrogens with zero attached hydrogens (tertiary/aromatic N) is 1. The molecule has 1 aromatic rings. The van der Waals surface area contributed by atoms with Crippen molar-refractivity contribution >= 4 is 21.8 Å². The van der Waals surface area contributed by atoms with Gasteiger partial charge >= 0.3 is 6.18 Å². The third kappa shape index (κ3) is 2.62. The number of halogens is 4. The fourth-order valence-electron chi connectivity index (χ4n) is 0.953. The fraction of sp³-hybridized carbons (Fsp3) is 0.125. The predicted octanol–water partition coefficient (Wildman–Crippen LogP) is 2.56. The number of amidine groups is 1. The summed E-state index contributed by atoms with van der Waals surface area (Å²) in [5, 5.41) is 11.1. The molecule has 0 spiro atoms. The number of benzene rings is 1. The molecule has 7 heteroatoms. The molecule has 0 aromatic heterocycles. The summed E-state index contributed by atoms with van der Waals surface area (Å²) in [6.07, 6.45) is -4.41. The monoisotopic (exact) mass is 282 g/mol. The predicted molar refractivity (Wildman–Crippen MR) is 51.7 cm³/mol. The Kier molecular flexibility index (Phi) is 3.23. The van der Waals surface area contributed by atoms with Gasteiger partial charge in [0.2, 0.25) is 0 Å². The van der Waals surface area contributed by atoms with Crippen molar-refractivity contribution in [1.29, 1.82) is 0 Å². The number of alkyl halides is 3. The van der Waals surface area contributed by atoms with Gasteiger partial charge in [-0.15, -0.1) is 0 Å². The molecule has 3 nitrogen and oxygen atoms in total. The normalized spacial score (nSPS) is 12.9. The van der Waals surface area contributed by atoms with Crippen LogP contribution >= 0.6 is 15.9 Å². The Morgan fingerprint density at radius 1 is 1.40 bits per heavy atom. The van der Waals surface area contributed by atoms with Crippen LogP contribution in [-0.2, 0) is 6.18 Å². The Bertz CT molecular complexity index is 403. The molecular weight excluding hydrogens is 277 g/mol. The first-order valence-corrected chi connectivity index (χ1v) is 4.50. The minimum atomic E-state index is -4.41. The smallest absolute Gasteiger partial charge is 0.409 e. The van der Waals surface area contributed by atoms with Gasteiger partial charge in [-0.1, -0.05) is 21.1 Å². The molecule has 0 atom stereocenters. The topological polar surface area (TPSA) is 58.6 Å². The van der Waals surface area contributed by atoms with Crippen LogP contribution in [0.5, 0.6) is 0 Å². The van der Waals surface area contributed by atoms with Crippen molar-refractivity contribution in [2.24, 2.45) is 10.9 Å². The van der Waals surface area contributed by atoms with Gasteiger partial charge in [0, 0.05) is 10.0 Å². The van der Waals surface area contributed by atoms with Crippen LogP contribution in [0.3, 0.4) is 0 Å². The Labute approximate surface area is 91.5 Å². The zero-order valence-corrected chi connectivity index (χ0v) is 8.80. The van der Waals surface area contributed by atoms with Crippen LogP contribution in [0, 0.1) is 0 Å². The molecule has 1 aromatic carbocycles. The lowest BCUT2D eigenvalue weighted by atomic mass is 10.1. The lowest BCUT2D eigenvalue weighted by molar-refractivity contribution is -0.137. The van der Waals surface area contributed by atoms with Crippen molar-refractivity contribution < 1.29 is 18.4 Å². The molecule has 0 saturated carbocycles. The summed E-state index contributed by atoms with van der Waals surface area (Å²) in [5.74, 6) is -0.254. The SMILES string of the molecule is N/C(=N\O)c1ccc(C(F)(F)F)cc1Br. The summed E-state index contributed by atoms with van der Waals surface area (Å²) in [6.45, 7) is 0. The molecule has 0 radical (unpaired) electrons. The second kappa shape index (κ2) is 4.09. The highest BCUT2D eigenvalue weighted by Gasteiger charge is 2.30. The van der Waals surface area contributed by atoms with E-state index in [1.807, 2.05) is 0 Å². The van der Waals surface area contributed by atoms with E-state index in [2.05, 4.69) is 21.1 Å². The molecule has 0 aliphatic heterocycles. The first-order valence-electron chi connectivity index (χ1n) is 3.71. The van der Waals surface area contributed by atoms with Gasteiger partial charge in [0.15, 0.2) is 5.84 Å². The van der Waals surface area contributed by atoms with E-state index in [4.69, 9.17) is 10.9 Å². The molecule has 0 aliphatic carbocycles. The number of oxime groups is 1. The molecular formula is C8H6BrF3N2O. The van der Waals surface area contributed by atoms with Gasteiger partial charge in [-0.3, -0.25) is 0 Å². The number of rotatable bonds is 1. The highest BCUT2D eigenvalue weighted by molar-refractivity contribution is 9.10. The van der Waals surface area contributed by atoms with E-state index in [1.165, 1.54) is 0 Å². The van der Waals surface area contributed by atoms with Gasteiger partial charge in [-0.25, -0.2) is 0 Å². The van der Waals surface area contributed by atoms with E-state index in [0.29, 0.717) is 0 Å². The van der Waals surface area contributed by atoms with E-state index in [9.17, 15) is 13.2 Å². The number of hydrogen-bond acceptors (Lipinski definition) is 2. The van der Waals surface area contributed by atoms with Gasteiger partial charge in [0.05, 0.1) is 5.56 Å². The first kappa shape index (κ1) is 11.8. The minimum absolute atomic E-state index is 0.118. The lowest BCUT2D eigenvalue weighted by Gasteiger charge is -2.08. The maximum Gasteiger partial charge on any atom is 0.416 e. The molecule has 1 rings (SSSR count). The quantitative estimate of drug-likeness (QED) is 0.360. The standard InChI is InChI=1S/C8H6BrF3N2O/c9-6-3-4(8(10,11)12)1-2-5(6)7(13)14-15/h1-3,15H,(H2,13,14). The van der Waals surface area contributed by atoms with E-state index in [-0.39, 0.29) is 15.9 Å². The van der Waals surface area contributed by atoms with Crippen LogP contribution in [0.2, 0.25) is 0 Å². The molecule has 0 amide bonds. The third-order valence-electron chi connectivity index (χ3n) is 1.68. The van der Waals surface area contributed by atoms with Crippen molar-refractivity contribution in [3.63, 3.8) is 0 Å². The van der Waals surface area contributed by atoms with Crippen LogP contribution in [0.15, 0.2) is 27.8 Å². The van der Waals surface area contributed by atoms with Crippen molar-refractivity contribution in [2.45, 2.75) is 6.18 Å². The van der Waals surface area contributed by atoms with Crippen LogP contribution in [0.1, 0.15) is 11.1 Å². The van der Waals surface area contributed by atoms with Crippen LogP contribution in [0.4, 0.5) is 13.2 Å². The van der Waals surface area contributed by atoms with Crippen molar-refractivity contribution in [2.75, 3.05) is 0 Å². The summed E-state index contributed by atoms with van der Waals surface area (Å²) in [6, 6.07) is 2.85. The zero-order valence-electron chi connectivity index (χ0n) is 7.22. The van der Waals surface area contributed by atoms with E-state index in [0.717, 1.165) is 18.2 Å². The lowest BCUT2D eigenvalue weighted by Crippen LogP contribution is -2.14. The maximum atomic E-state index is 12.3. The highest BCUT2D eigenvalue weighted by Crippen LogP contribution is 2.32. The van der Waals surface area contributed by atoms with Gasteiger partial charge in [-0.05, 0) is 18.2 Å². The molecule has 0 aliphatic rings. The summed E-state index contributed by atoms with van der Waals surface area (Å²) in [5.41, 5.74) is 4.64. The van der Waals surface area contributed by atoms with Crippen molar-refractivity contribution in [1.82, 2.24) is 0 Å². The summed E-state index contributed by atoms with van der Waals surface area (Å²) < 4.78 is 36.9. The molecule has 15 heavy (non-hydrogen) atoms. The average molecular weight is 283 g/mol. The summed E-state index contributed by atoms with van der Waals surface area (Å²) >= 11 is 2.91. The average Bonchev–Trinajstić information content (AvgIpc) is 2.15. The van der Waals surface area contributed by atoms with Crippen LogP contribution < -0.4 is 5.73 Å². The van der Waals surface area contributed by atoms with Crippen LogP contribution in [-0.4, -0.2) is 11.0 Å². The second-order valence-electron chi connectivity index (χ2n) is 2.68. The van der Waals surface area contributed by atoms with E-state index >= 15 is 0 Å². The van der Waals surface area contributed by atoms with E-state index in [1.54, 1.807) is 0 Å². The van der Waals surface area contributed by atoms with Gasteiger partial charge < -0.3 is 10.9 Å². The highest BCUT2D eigenvalue weighted by atomic mass is 79.9. The molecule has 0 fully saturated rings. The minimum Gasteiger partial charge on any atom is -0.409 e. The Morgan fingerprint density at radius 3 is 2.40 bits per heavy atom. The Morgan fingerprint density at radius 2 is 2.00 bits per heavy atom. The van der Waals surface area contributed by atoms with Crippen molar-refractivity contribution in [3.8, 4) is 0 Å². The third-order valence-corrected chi connectivity index (χ3v) is 2.34. The zero-order chi connectivity index (χ0) is 11.6. The number of nitrogens with two attached hydrogens (primary N) is 1. The largest absolute Gasteiger partial charge is 0.416 e. The number of hydrogen-bond donors (Lipinski definition) is 2. The Hall–Kier alpha value is -1.24. The van der Waals surface area contributed by atoms with Gasteiger partial charge in [-0.2, -0.15) is 13.2 Å². The second-order valence-corrected chi connectivity index (χ2v) is 3.53. The van der Waals surface area contributed by atoms with Gasteiger partial charge in [0.1, 0.15) is 0 Å². The Balaban J connectivity index is 3.21. The summed E-state index contributed by atoms with van der Waals surface area (Å²) in [7, 11) is 0. The molecule has 0 bridgehead atoms. The molecule has 0 heterocycles. The van der Waals surface area contributed by atoms with E-state index < -0.39 is 11.7 Å². The van der Waals surface area contributed by atoms with Crippen molar-refractivity contribution in [3.05, 3.63) is 33.8 Å². The van der Waals surface area contributed by atoms with Crippen LogP contribution in [0.25, 0.3) is 0 Å². The fourth-order valence-corrected chi connectivity index (χ4v) is 1.53. The molecule has 0 saturated heterocycles. The first-order chi connectivity index (χ1) is 6.86. The molecule has 0 unspecified atom stereocenters. The molecule has 82 valence electrons. The van der Waals surface area contributed by atoms with Gasteiger partial charge in [0.25, 0.3) is 0 Å². The maximum absolute atomic E-state index is 12.3. The molecule has 3 N–H and O–H groups in total.